The lowest BCUT2D eigenvalue weighted by Crippen LogP contribution is -2.27. The van der Waals surface area contributed by atoms with Crippen molar-refractivity contribution >= 4 is 46.4 Å². The minimum atomic E-state index is -0.887. The Morgan fingerprint density at radius 1 is 0.760 bits per heavy atom. The van der Waals surface area contributed by atoms with Gasteiger partial charge in [0.25, 0.3) is 0 Å². The number of ether oxygens (including phenoxy) is 1. The van der Waals surface area contributed by atoms with Crippen LogP contribution in [-0.4, -0.2) is 52.6 Å². The number of esters is 1. The van der Waals surface area contributed by atoms with Gasteiger partial charge in [-0.1, -0.05) is 101 Å². The second kappa shape index (κ2) is 20.3. The summed E-state index contributed by atoms with van der Waals surface area (Å²) in [6.45, 7) is 3.62. The summed E-state index contributed by atoms with van der Waals surface area (Å²) < 4.78 is 5.98. The molecule has 7 nitrogen and oxygen atoms in total. The van der Waals surface area contributed by atoms with Gasteiger partial charge in [0.15, 0.2) is 11.6 Å². The van der Waals surface area contributed by atoms with Gasteiger partial charge >= 0.3 is 5.97 Å². The van der Waals surface area contributed by atoms with Gasteiger partial charge in [0.1, 0.15) is 17.6 Å². The predicted molar refractivity (Wildman–Crippen MR) is 201 cm³/mol. The average molecular weight is 725 g/mol. The predicted octanol–water partition coefficient (Wildman–Crippen LogP) is 10.1. The average Bonchev–Trinajstić information content (AvgIpc) is 3.12. The quantitative estimate of drug-likeness (QED) is 0.0360. The maximum Gasteiger partial charge on any atom is 0.306 e. The number of carbonyl (C=O) groups excluding carboxylic acids is 3. The third-order valence-electron chi connectivity index (χ3n) is 9.48. The number of aromatic hydroxyl groups is 2. The highest BCUT2D eigenvalue weighted by molar-refractivity contribution is 6.30. The standard InChI is InChI=1S/C41H51Cl2NO6/c1-2-3-4-5-6-7-8-9-10-11-18-35(50-36(46)19-14-15-29-20-22-30(23-21-29)44(26-24-42)27-25-43)33-28-34(45)37-38(41(33)49)40(48)32-17-13-12-16-31(32)39(37)47/h12-13,16-17,20-23,28,35,45,49H,2-11,14-15,18-19,24-27H2,1H3. The number of halogens is 2. The fourth-order valence-corrected chi connectivity index (χ4v) is 7.13. The number of phenols is 2. The van der Waals surface area contributed by atoms with Crippen molar-refractivity contribution in [3.8, 4) is 11.5 Å². The lowest BCUT2D eigenvalue weighted by atomic mass is 9.81. The summed E-state index contributed by atoms with van der Waals surface area (Å²) in [7, 11) is 0. The maximum absolute atomic E-state index is 13.5. The summed E-state index contributed by atoms with van der Waals surface area (Å²) in [6, 6.07) is 15.8. The Morgan fingerprint density at radius 2 is 1.32 bits per heavy atom. The number of hydrogen-bond donors (Lipinski definition) is 2. The first kappa shape index (κ1) is 39.2. The summed E-state index contributed by atoms with van der Waals surface area (Å²) in [5.41, 5.74) is 2.14. The van der Waals surface area contributed by atoms with Crippen LogP contribution in [0, 0.1) is 0 Å². The number of nitrogens with zero attached hydrogens (tertiary/aromatic N) is 1. The Morgan fingerprint density at radius 3 is 1.90 bits per heavy atom. The number of unbranched alkanes of at least 4 members (excludes halogenated alkanes) is 9. The van der Waals surface area contributed by atoms with E-state index in [1.54, 1.807) is 12.1 Å². The van der Waals surface area contributed by atoms with E-state index < -0.39 is 35.1 Å². The zero-order chi connectivity index (χ0) is 35.9. The molecule has 9 heteroatoms. The zero-order valence-corrected chi connectivity index (χ0v) is 30.7. The highest BCUT2D eigenvalue weighted by atomic mass is 35.5. The van der Waals surface area contributed by atoms with Crippen molar-refractivity contribution in [1.82, 2.24) is 0 Å². The Labute approximate surface area is 306 Å². The van der Waals surface area contributed by atoms with E-state index in [0.717, 1.165) is 36.9 Å². The van der Waals surface area contributed by atoms with Gasteiger partial charge in [0.05, 0.1) is 11.1 Å². The minimum Gasteiger partial charge on any atom is -0.507 e. The normalized spacial score (nSPS) is 12.8. The van der Waals surface area contributed by atoms with E-state index in [2.05, 4.69) is 11.8 Å². The molecule has 0 fully saturated rings. The first-order valence-electron chi connectivity index (χ1n) is 18.2. The van der Waals surface area contributed by atoms with Crippen LogP contribution in [0.4, 0.5) is 5.69 Å². The molecule has 3 aromatic rings. The van der Waals surface area contributed by atoms with Crippen LogP contribution < -0.4 is 4.90 Å². The van der Waals surface area contributed by atoms with Gasteiger partial charge in [-0.05, 0) is 49.4 Å². The number of ketones is 2. The van der Waals surface area contributed by atoms with Crippen LogP contribution in [0.5, 0.6) is 11.5 Å². The third kappa shape index (κ3) is 10.5. The van der Waals surface area contributed by atoms with Crippen LogP contribution in [-0.2, 0) is 16.0 Å². The monoisotopic (exact) mass is 723 g/mol. The molecule has 1 aliphatic carbocycles. The van der Waals surface area contributed by atoms with Crippen molar-refractivity contribution in [2.24, 2.45) is 0 Å². The molecule has 1 aliphatic rings. The summed E-state index contributed by atoms with van der Waals surface area (Å²) >= 11 is 11.9. The van der Waals surface area contributed by atoms with Crippen LogP contribution in [0.25, 0.3) is 0 Å². The number of rotatable bonds is 22. The molecule has 0 heterocycles. The number of anilines is 1. The zero-order valence-electron chi connectivity index (χ0n) is 29.2. The molecule has 0 aromatic heterocycles. The van der Waals surface area contributed by atoms with E-state index in [9.17, 15) is 24.6 Å². The van der Waals surface area contributed by atoms with Gasteiger partial charge in [-0.15, -0.1) is 23.2 Å². The van der Waals surface area contributed by atoms with E-state index in [4.69, 9.17) is 27.9 Å². The van der Waals surface area contributed by atoms with Crippen molar-refractivity contribution in [3.05, 3.63) is 88.0 Å². The van der Waals surface area contributed by atoms with Crippen LogP contribution in [0.1, 0.15) is 139 Å². The molecule has 0 amide bonds. The van der Waals surface area contributed by atoms with Crippen molar-refractivity contribution in [2.45, 2.75) is 103 Å². The molecule has 0 aliphatic heterocycles. The van der Waals surface area contributed by atoms with Crippen LogP contribution in [0.2, 0.25) is 0 Å². The smallest absolute Gasteiger partial charge is 0.306 e. The van der Waals surface area contributed by atoms with Crippen molar-refractivity contribution in [3.63, 3.8) is 0 Å². The number of alkyl halides is 2. The first-order chi connectivity index (χ1) is 24.3. The molecular weight excluding hydrogens is 673 g/mol. The Balaban J connectivity index is 1.43. The fourth-order valence-electron chi connectivity index (χ4n) is 6.72. The summed E-state index contributed by atoms with van der Waals surface area (Å²) in [5.74, 6) is -1.33. The lowest BCUT2D eigenvalue weighted by Gasteiger charge is -2.25. The third-order valence-corrected chi connectivity index (χ3v) is 9.81. The number of hydrogen-bond acceptors (Lipinski definition) is 7. The lowest BCUT2D eigenvalue weighted by molar-refractivity contribution is -0.150. The van der Waals surface area contributed by atoms with Crippen LogP contribution in [0.3, 0.4) is 0 Å². The Bertz CT molecular complexity index is 1570. The molecule has 0 saturated carbocycles. The molecule has 50 heavy (non-hydrogen) atoms. The number of benzene rings is 3. The van der Waals surface area contributed by atoms with E-state index in [1.807, 2.05) is 24.3 Å². The van der Waals surface area contributed by atoms with E-state index in [0.29, 0.717) is 44.1 Å². The number of fused-ring (bicyclic) bond motifs is 2. The van der Waals surface area contributed by atoms with Crippen LogP contribution in [0.15, 0.2) is 54.6 Å². The van der Waals surface area contributed by atoms with Gasteiger partial charge in [0.2, 0.25) is 0 Å². The van der Waals surface area contributed by atoms with Crippen molar-refractivity contribution in [1.29, 1.82) is 0 Å². The van der Waals surface area contributed by atoms with Gasteiger partial charge in [-0.2, -0.15) is 0 Å². The highest BCUT2D eigenvalue weighted by Gasteiger charge is 2.37. The molecule has 1 unspecified atom stereocenters. The van der Waals surface area contributed by atoms with Gasteiger partial charge in [-0.3, -0.25) is 14.4 Å². The molecule has 2 N–H and O–H groups in total. The number of phenolic OH excluding ortho intramolecular Hbond substituents is 2. The second-order valence-electron chi connectivity index (χ2n) is 13.1. The van der Waals surface area contributed by atoms with E-state index >= 15 is 0 Å². The van der Waals surface area contributed by atoms with Crippen molar-refractivity contribution < 1.29 is 29.3 Å². The molecule has 0 spiro atoms. The molecular formula is C41H51Cl2NO6. The topological polar surface area (TPSA) is 104 Å². The van der Waals surface area contributed by atoms with Gasteiger partial charge in [0, 0.05) is 53.6 Å². The fraction of sp³-hybridized carbons (Fsp3) is 0.488. The Hall–Kier alpha value is -3.55. The van der Waals surface area contributed by atoms with Gasteiger partial charge in [-0.25, -0.2) is 0 Å². The molecule has 0 bridgehead atoms. The highest BCUT2D eigenvalue weighted by Crippen LogP contribution is 2.44. The van der Waals surface area contributed by atoms with E-state index in [-0.39, 0.29) is 34.2 Å². The number of aryl methyl sites for hydroxylation is 1. The minimum absolute atomic E-state index is 0.139. The summed E-state index contributed by atoms with van der Waals surface area (Å²) in [4.78, 5) is 42.2. The van der Waals surface area contributed by atoms with E-state index in [1.165, 1.54) is 56.7 Å². The summed E-state index contributed by atoms with van der Waals surface area (Å²) in [6.07, 6.45) is 12.3. The molecule has 270 valence electrons. The molecule has 3 aromatic carbocycles. The van der Waals surface area contributed by atoms with Gasteiger partial charge < -0.3 is 19.8 Å². The molecule has 0 radical (unpaired) electrons. The SMILES string of the molecule is CCCCCCCCCCCCC(OC(=O)CCCc1ccc(N(CCCl)CCCl)cc1)c1cc(O)c2c(c1O)C(=O)c1ccccc1C2=O. The van der Waals surface area contributed by atoms with Crippen LogP contribution >= 0.6 is 23.2 Å². The molecule has 1 atom stereocenters. The second-order valence-corrected chi connectivity index (χ2v) is 13.9. The first-order valence-corrected chi connectivity index (χ1v) is 19.3. The number of carbonyl (C=O) groups is 3. The summed E-state index contributed by atoms with van der Waals surface area (Å²) in [5, 5.41) is 22.5. The molecule has 4 rings (SSSR count). The van der Waals surface area contributed by atoms with Crippen molar-refractivity contribution in [2.75, 3.05) is 29.7 Å². The largest absolute Gasteiger partial charge is 0.507 e. The Kier molecular flexibility index (Phi) is 16.0. The molecule has 0 saturated heterocycles. The maximum atomic E-state index is 13.5.